The fourth-order valence-corrected chi connectivity index (χ4v) is 3.38. The second kappa shape index (κ2) is 10.6. The molecule has 0 spiro atoms. The third-order valence-electron chi connectivity index (χ3n) is 4.94. The Morgan fingerprint density at radius 3 is 2.71 bits per heavy atom. The van der Waals surface area contributed by atoms with Crippen LogP contribution in [-0.2, 0) is 4.79 Å². The van der Waals surface area contributed by atoms with Gasteiger partial charge in [-0.05, 0) is 49.7 Å². The summed E-state index contributed by atoms with van der Waals surface area (Å²) in [6, 6.07) is 11.8. The molecule has 1 aromatic carbocycles. The first-order valence-corrected chi connectivity index (χ1v) is 9.86. The monoisotopic (exact) mass is 383 g/mol. The molecule has 0 atom stereocenters. The molecule has 28 heavy (non-hydrogen) atoms. The Hall–Kier alpha value is -2.73. The summed E-state index contributed by atoms with van der Waals surface area (Å²) in [6.07, 6.45) is 6.84. The van der Waals surface area contributed by atoms with Crippen LogP contribution >= 0.6 is 0 Å². The second-order valence-electron chi connectivity index (χ2n) is 6.85. The number of carbonyl (C=O) groups excluding carboxylic acids is 1. The molecule has 0 radical (unpaired) electrons. The first-order chi connectivity index (χ1) is 13.8. The lowest BCUT2D eigenvalue weighted by Gasteiger charge is -2.36. The van der Waals surface area contributed by atoms with E-state index in [9.17, 15) is 4.79 Å². The van der Waals surface area contributed by atoms with Crippen LogP contribution in [0.1, 0.15) is 18.6 Å². The van der Waals surface area contributed by atoms with E-state index >= 15 is 0 Å². The van der Waals surface area contributed by atoms with Crippen LogP contribution in [0.4, 0.5) is 5.69 Å². The van der Waals surface area contributed by atoms with Gasteiger partial charge in [0.15, 0.2) is 0 Å². The van der Waals surface area contributed by atoms with E-state index in [1.165, 1.54) is 11.8 Å². The number of carbonyl (C=O) groups is 1. The molecule has 1 saturated heterocycles. The van der Waals surface area contributed by atoms with Gasteiger partial charge in [0.2, 0.25) is 5.91 Å². The number of piperazine rings is 1. The number of para-hydroxylation sites is 2. The molecular weight excluding hydrogens is 354 g/mol. The number of amides is 1. The standard InChI is InChI=1S/C22H29N3O3/c1-27-21-9-3-2-8-20(21)25-16-14-24(15-17-25)13-5-4-12-23-22(26)11-10-19-7-6-18-28-19/h2-3,6-11,18H,4-5,12-17H2,1H3,(H,23,26)/b11-10+. The number of nitrogens with zero attached hydrogens (tertiary/aromatic N) is 2. The average Bonchev–Trinajstić information content (AvgIpc) is 3.26. The smallest absolute Gasteiger partial charge is 0.244 e. The molecule has 6 nitrogen and oxygen atoms in total. The Morgan fingerprint density at radius 2 is 1.96 bits per heavy atom. The van der Waals surface area contributed by atoms with E-state index in [4.69, 9.17) is 9.15 Å². The van der Waals surface area contributed by atoms with Crippen LogP contribution < -0.4 is 15.0 Å². The maximum atomic E-state index is 11.8. The van der Waals surface area contributed by atoms with Crippen molar-refractivity contribution in [3.05, 3.63) is 54.5 Å². The van der Waals surface area contributed by atoms with Gasteiger partial charge < -0.3 is 19.4 Å². The number of methoxy groups -OCH3 is 1. The van der Waals surface area contributed by atoms with Crippen molar-refractivity contribution in [1.29, 1.82) is 0 Å². The number of hydrogen-bond acceptors (Lipinski definition) is 5. The molecule has 0 saturated carbocycles. The summed E-state index contributed by atoms with van der Waals surface area (Å²) in [4.78, 5) is 16.6. The van der Waals surface area contributed by atoms with Crippen LogP contribution in [0.5, 0.6) is 5.75 Å². The zero-order valence-electron chi connectivity index (χ0n) is 16.5. The van der Waals surface area contributed by atoms with Gasteiger partial charge in [0.1, 0.15) is 11.5 Å². The summed E-state index contributed by atoms with van der Waals surface area (Å²) in [5.74, 6) is 1.54. The van der Waals surface area contributed by atoms with Gasteiger partial charge in [-0.1, -0.05) is 12.1 Å². The molecule has 2 heterocycles. The number of nitrogens with one attached hydrogen (secondary N) is 1. The first kappa shape index (κ1) is 20.0. The van der Waals surface area contributed by atoms with Crippen LogP contribution in [0.2, 0.25) is 0 Å². The normalized spacial score (nSPS) is 15.1. The lowest BCUT2D eigenvalue weighted by Crippen LogP contribution is -2.46. The highest BCUT2D eigenvalue weighted by atomic mass is 16.5. The Labute approximate surface area is 166 Å². The van der Waals surface area contributed by atoms with E-state index in [1.807, 2.05) is 18.2 Å². The van der Waals surface area contributed by atoms with Gasteiger partial charge in [0.05, 0.1) is 19.1 Å². The maximum absolute atomic E-state index is 11.8. The first-order valence-electron chi connectivity index (χ1n) is 9.86. The molecule has 1 N–H and O–H groups in total. The number of benzene rings is 1. The Kier molecular flexibility index (Phi) is 7.55. The minimum absolute atomic E-state index is 0.0816. The van der Waals surface area contributed by atoms with Crippen LogP contribution in [0.25, 0.3) is 6.08 Å². The highest BCUT2D eigenvalue weighted by Gasteiger charge is 2.18. The molecule has 2 aromatic rings. The van der Waals surface area contributed by atoms with Crippen LogP contribution in [0.3, 0.4) is 0 Å². The summed E-state index contributed by atoms with van der Waals surface area (Å²) >= 11 is 0. The predicted octanol–water partition coefficient (Wildman–Crippen LogP) is 3.02. The fraction of sp³-hybridized carbons (Fsp3) is 0.409. The second-order valence-corrected chi connectivity index (χ2v) is 6.85. The predicted molar refractivity (Wildman–Crippen MR) is 112 cm³/mol. The van der Waals surface area contributed by atoms with Crippen molar-refractivity contribution in [1.82, 2.24) is 10.2 Å². The minimum atomic E-state index is -0.0816. The van der Waals surface area contributed by atoms with E-state index in [1.54, 1.807) is 25.5 Å². The third-order valence-corrected chi connectivity index (χ3v) is 4.94. The van der Waals surface area contributed by atoms with Crippen molar-refractivity contribution in [3.63, 3.8) is 0 Å². The van der Waals surface area contributed by atoms with E-state index in [0.717, 1.165) is 51.3 Å². The van der Waals surface area contributed by atoms with Crippen molar-refractivity contribution in [3.8, 4) is 5.75 Å². The highest BCUT2D eigenvalue weighted by molar-refractivity contribution is 5.91. The minimum Gasteiger partial charge on any atom is -0.495 e. The summed E-state index contributed by atoms with van der Waals surface area (Å²) in [5.41, 5.74) is 1.18. The molecule has 3 rings (SSSR count). The Morgan fingerprint density at radius 1 is 1.14 bits per heavy atom. The number of unbranched alkanes of at least 4 members (excludes halogenated alkanes) is 1. The molecule has 1 amide bonds. The zero-order valence-corrected chi connectivity index (χ0v) is 16.5. The Balaban J connectivity index is 1.29. The van der Waals surface area contributed by atoms with Gasteiger partial charge in [-0.25, -0.2) is 0 Å². The van der Waals surface area contributed by atoms with Gasteiger partial charge in [-0.3, -0.25) is 9.69 Å². The maximum Gasteiger partial charge on any atom is 0.244 e. The topological polar surface area (TPSA) is 58.0 Å². The summed E-state index contributed by atoms with van der Waals surface area (Å²) < 4.78 is 10.6. The van der Waals surface area contributed by atoms with Gasteiger partial charge in [-0.2, -0.15) is 0 Å². The fourth-order valence-electron chi connectivity index (χ4n) is 3.38. The van der Waals surface area contributed by atoms with E-state index < -0.39 is 0 Å². The zero-order chi connectivity index (χ0) is 19.6. The van der Waals surface area contributed by atoms with Crippen molar-refractivity contribution < 1.29 is 13.9 Å². The summed E-state index contributed by atoms with van der Waals surface area (Å²) in [6.45, 7) is 5.89. The number of furan rings is 1. The molecular formula is C22H29N3O3. The summed E-state index contributed by atoms with van der Waals surface area (Å²) in [7, 11) is 1.72. The van der Waals surface area contributed by atoms with Crippen molar-refractivity contribution in [2.75, 3.05) is 51.3 Å². The number of rotatable bonds is 9. The molecule has 1 aliphatic heterocycles. The van der Waals surface area contributed by atoms with Gasteiger partial charge in [-0.15, -0.1) is 0 Å². The summed E-state index contributed by atoms with van der Waals surface area (Å²) in [5, 5.41) is 2.92. The van der Waals surface area contributed by atoms with Gasteiger partial charge in [0.25, 0.3) is 0 Å². The lowest BCUT2D eigenvalue weighted by molar-refractivity contribution is -0.116. The Bertz CT molecular complexity index is 750. The van der Waals surface area contributed by atoms with Crippen molar-refractivity contribution in [2.45, 2.75) is 12.8 Å². The number of anilines is 1. The molecule has 1 aromatic heterocycles. The lowest BCUT2D eigenvalue weighted by atomic mass is 10.2. The number of ether oxygens (including phenoxy) is 1. The van der Waals surface area contributed by atoms with Crippen LogP contribution in [0, 0.1) is 0 Å². The molecule has 150 valence electrons. The van der Waals surface area contributed by atoms with Gasteiger partial charge >= 0.3 is 0 Å². The van der Waals surface area contributed by atoms with E-state index in [0.29, 0.717) is 12.3 Å². The van der Waals surface area contributed by atoms with Crippen molar-refractivity contribution >= 4 is 17.7 Å². The van der Waals surface area contributed by atoms with E-state index in [-0.39, 0.29) is 5.91 Å². The quantitative estimate of drug-likeness (QED) is 0.533. The van der Waals surface area contributed by atoms with Crippen LogP contribution in [0.15, 0.2) is 53.2 Å². The van der Waals surface area contributed by atoms with Crippen molar-refractivity contribution in [2.24, 2.45) is 0 Å². The molecule has 1 fully saturated rings. The largest absolute Gasteiger partial charge is 0.495 e. The molecule has 0 bridgehead atoms. The molecule has 6 heteroatoms. The molecule has 0 unspecified atom stereocenters. The van der Waals surface area contributed by atoms with Crippen LogP contribution in [-0.4, -0.2) is 57.2 Å². The molecule has 0 aliphatic carbocycles. The van der Waals surface area contributed by atoms with Gasteiger partial charge in [0, 0.05) is 38.8 Å². The van der Waals surface area contributed by atoms with E-state index in [2.05, 4.69) is 27.2 Å². The third kappa shape index (κ3) is 5.89. The molecule has 1 aliphatic rings. The number of hydrogen-bond donors (Lipinski definition) is 1. The average molecular weight is 383 g/mol. The highest BCUT2D eigenvalue weighted by Crippen LogP contribution is 2.28. The SMILES string of the molecule is COc1ccccc1N1CCN(CCCCNC(=O)/C=C/c2ccco2)CC1.